The van der Waals surface area contributed by atoms with Crippen molar-refractivity contribution in [3.63, 3.8) is 0 Å². The first kappa shape index (κ1) is 15.7. The maximum Gasteiger partial charge on any atom is 0.138 e. The van der Waals surface area contributed by atoms with Gasteiger partial charge >= 0.3 is 0 Å². The molecule has 0 N–H and O–H groups in total. The van der Waals surface area contributed by atoms with E-state index in [1.807, 2.05) is 50.2 Å². The van der Waals surface area contributed by atoms with Gasteiger partial charge in [-0.15, -0.1) is 0 Å². The minimum atomic E-state index is -0.493. The van der Waals surface area contributed by atoms with Crippen LogP contribution in [0.3, 0.4) is 0 Å². The Labute approximate surface area is 130 Å². The highest BCUT2D eigenvalue weighted by Crippen LogP contribution is 2.23. The molecule has 0 aliphatic rings. The zero-order valence-corrected chi connectivity index (χ0v) is 13.0. The Balaban J connectivity index is 2.07. The van der Waals surface area contributed by atoms with Gasteiger partial charge < -0.3 is 4.74 Å². The summed E-state index contributed by atoms with van der Waals surface area (Å²) >= 11 is 0. The minimum absolute atomic E-state index is 0.103. The zero-order chi connectivity index (χ0) is 16.2. The lowest BCUT2D eigenvalue weighted by atomic mass is 9.90. The molecule has 0 amide bonds. The Bertz CT molecular complexity index is 695. The summed E-state index contributed by atoms with van der Waals surface area (Å²) in [7, 11) is 0. The number of nitrogens with zero attached hydrogens (tertiary/aromatic N) is 2. The maximum absolute atomic E-state index is 11.5. The van der Waals surface area contributed by atoms with Crippen molar-refractivity contribution in [2.75, 3.05) is 6.61 Å². The molecule has 0 aliphatic carbocycles. The van der Waals surface area contributed by atoms with Gasteiger partial charge in [0.05, 0.1) is 16.7 Å². The fourth-order valence-electron chi connectivity index (χ4n) is 1.72. The summed E-state index contributed by atoms with van der Waals surface area (Å²) < 4.78 is 5.68. The van der Waals surface area contributed by atoms with E-state index in [1.54, 1.807) is 19.2 Å². The van der Waals surface area contributed by atoms with Crippen molar-refractivity contribution in [1.29, 1.82) is 5.26 Å². The fraction of sp³-hybridized carbons (Fsp3) is 0.278. The predicted octanol–water partition coefficient (Wildman–Crippen LogP) is 3.61. The second kappa shape index (κ2) is 6.40. The highest BCUT2D eigenvalue weighted by molar-refractivity contribution is 5.81. The molecule has 0 saturated carbocycles. The summed E-state index contributed by atoms with van der Waals surface area (Å²) in [4.78, 5) is 15.7. The van der Waals surface area contributed by atoms with Crippen LogP contribution in [0.4, 0.5) is 0 Å². The minimum Gasteiger partial charge on any atom is -0.493 e. The first-order chi connectivity index (χ1) is 10.4. The molecule has 4 nitrogen and oxygen atoms in total. The number of carbonyl (C=O) groups excluding carboxylic acids is 1. The van der Waals surface area contributed by atoms with Crippen LogP contribution in [0.5, 0.6) is 5.75 Å². The molecule has 1 aromatic heterocycles. The highest BCUT2D eigenvalue weighted by Gasteiger charge is 2.24. The topological polar surface area (TPSA) is 63.0 Å². The maximum atomic E-state index is 11.5. The van der Waals surface area contributed by atoms with E-state index >= 15 is 0 Å². The van der Waals surface area contributed by atoms with E-state index in [0.717, 1.165) is 11.3 Å². The average molecular weight is 294 g/mol. The van der Waals surface area contributed by atoms with Crippen molar-refractivity contribution < 1.29 is 9.53 Å². The van der Waals surface area contributed by atoms with Gasteiger partial charge in [-0.3, -0.25) is 9.78 Å². The molecule has 0 unspecified atom stereocenters. The molecular formula is C18H18N2O2. The smallest absolute Gasteiger partial charge is 0.138 e. The molecule has 4 heteroatoms. The Morgan fingerprint density at radius 1 is 1.23 bits per heavy atom. The molecule has 1 aromatic carbocycles. The third kappa shape index (κ3) is 3.70. The number of hydrogen-bond donors (Lipinski definition) is 0. The normalized spacial score (nSPS) is 10.8. The van der Waals surface area contributed by atoms with Gasteiger partial charge in [0.2, 0.25) is 0 Å². The zero-order valence-electron chi connectivity index (χ0n) is 13.0. The van der Waals surface area contributed by atoms with Gasteiger partial charge in [0, 0.05) is 11.8 Å². The van der Waals surface area contributed by atoms with Crippen molar-refractivity contribution in [1.82, 2.24) is 4.98 Å². The second-order valence-corrected chi connectivity index (χ2v) is 5.80. The monoisotopic (exact) mass is 294 g/mol. The molecular weight excluding hydrogens is 276 g/mol. The number of pyridine rings is 1. The van der Waals surface area contributed by atoms with Crippen molar-refractivity contribution in [2.45, 2.75) is 20.8 Å². The first-order valence-electron chi connectivity index (χ1n) is 7.03. The van der Waals surface area contributed by atoms with Crippen molar-refractivity contribution in [2.24, 2.45) is 5.41 Å². The Kier molecular flexibility index (Phi) is 4.57. The van der Waals surface area contributed by atoms with E-state index in [2.05, 4.69) is 4.98 Å². The Morgan fingerprint density at radius 3 is 2.41 bits per heavy atom. The van der Waals surface area contributed by atoms with Crippen LogP contribution in [0.25, 0.3) is 11.3 Å². The Morgan fingerprint density at radius 2 is 1.91 bits per heavy atom. The van der Waals surface area contributed by atoms with Crippen LogP contribution >= 0.6 is 0 Å². The van der Waals surface area contributed by atoms with Gasteiger partial charge in [-0.05, 0) is 57.2 Å². The lowest BCUT2D eigenvalue weighted by Gasteiger charge is -2.21. The van der Waals surface area contributed by atoms with Crippen molar-refractivity contribution >= 4 is 5.78 Å². The number of ether oxygens (including phenoxy) is 1. The lowest BCUT2D eigenvalue weighted by Crippen LogP contribution is -2.28. The molecule has 2 aromatic rings. The standard InChI is InChI=1S/C18H18N2O2/c1-13(21)18(2,3)12-22-16-7-5-15(6-8-16)17-9-4-14(10-19)11-20-17/h4-9,11H,12H2,1-3H3. The summed E-state index contributed by atoms with van der Waals surface area (Å²) in [6, 6.07) is 13.1. The summed E-state index contributed by atoms with van der Waals surface area (Å²) in [5, 5.41) is 8.77. The van der Waals surface area contributed by atoms with Crippen LogP contribution < -0.4 is 4.74 Å². The number of rotatable bonds is 5. The summed E-state index contributed by atoms with van der Waals surface area (Å²) in [6.45, 7) is 5.65. The molecule has 0 atom stereocenters. The van der Waals surface area contributed by atoms with Crippen molar-refractivity contribution in [3.8, 4) is 23.1 Å². The van der Waals surface area contributed by atoms with Crippen molar-refractivity contribution in [3.05, 3.63) is 48.2 Å². The molecule has 22 heavy (non-hydrogen) atoms. The van der Waals surface area contributed by atoms with Gasteiger partial charge in [-0.1, -0.05) is 0 Å². The molecule has 0 aliphatic heterocycles. The van der Waals surface area contributed by atoms with Crippen LogP contribution in [0.15, 0.2) is 42.6 Å². The van der Waals surface area contributed by atoms with E-state index in [9.17, 15) is 4.79 Å². The third-order valence-electron chi connectivity index (χ3n) is 3.60. The van der Waals surface area contributed by atoms with E-state index in [-0.39, 0.29) is 5.78 Å². The van der Waals surface area contributed by atoms with E-state index in [4.69, 9.17) is 10.00 Å². The van der Waals surface area contributed by atoms with Gasteiger partial charge in [-0.25, -0.2) is 0 Å². The number of Topliss-reactive ketones (excluding diaryl/α,β-unsaturated/α-hetero) is 1. The van der Waals surface area contributed by atoms with E-state index < -0.39 is 5.41 Å². The summed E-state index contributed by atoms with van der Waals surface area (Å²) in [5.74, 6) is 0.817. The number of hydrogen-bond acceptors (Lipinski definition) is 4. The lowest BCUT2D eigenvalue weighted by molar-refractivity contribution is -0.126. The molecule has 112 valence electrons. The molecule has 0 radical (unpaired) electrons. The quantitative estimate of drug-likeness (QED) is 0.845. The third-order valence-corrected chi connectivity index (χ3v) is 3.60. The van der Waals surface area contributed by atoms with E-state index in [0.29, 0.717) is 17.9 Å². The molecule has 0 bridgehead atoms. The van der Waals surface area contributed by atoms with Crippen LogP contribution in [0.1, 0.15) is 26.3 Å². The molecule has 0 fully saturated rings. The van der Waals surface area contributed by atoms with Crippen LogP contribution in [0, 0.1) is 16.7 Å². The molecule has 0 saturated heterocycles. The number of aromatic nitrogens is 1. The molecule has 1 heterocycles. The van der Waals surface area contributed by atoms with E-state index in [1.165, 1.54) is 0 Å². The van der Waals surface area contributed by atoms with Gasteiger partial charge in [0.1, 0.15) is 24.2 Å². The fourth-order valence-corrected chi connectivity index (χ4v) is 1.72. The van der Waals surface area contributed by atoms with Gasteiger partial charge in [-0.2, -0.15) is 5.26 Å². The summed E-state index contributed by atoms with van der Waals surface area (Å²) in [6.07, 6.45) is 1.55. The van der Waals surface area contributed by atoms with Crippen LogP contribution in [-0.2, 0) is 4.79 Å². The van der Waals surface area contributed by atoms with Gasteiger partial charge in [0.25, 0.3) is 0 Å². The largest absolute Gasteiger partial charge is 0.493 e. The Hall–Kier alpha value is -2.67. The predicted molar refractivity (Wildman–Crippen MR) is 84.3 cm³/mol. The SMILES string of the molecule is CC(=O)C(C)(C)COc1ccc(-c2ccc(C#N)cn2)cc1. The first-order valence-corrected chi connectivity index (χ1v) is 7.03. The van der Waals surface area contributed by atoms with Crippen LogP contribution in [-0.4, -0.2) is 17.4 Å². The van der Waals surface area contributed by atoms with Crippen LogP contribution in [0.2, 0.25) is 0 Å². The number of benzene rings is 1. The number of nitriles is 1. The number of ketones is 1. The average Bonchev–Trinajstić information content (AvgIpc) is 2.53. The summed E-state index contributed by atoms with van der Waals surface area (Å²) in [5.41, 5.74) is 1.79. The van der Waals surface area contributed by atoms with Gasteiger partial charge in [0.15, 0.2) is 0 Å². The molecule has 0 spiro atoms. The highest BCUT2D eigenvalue weighted by atomic mass is 16.5. The number of carbonyl (C=O) groups is 1. The second-order valence-electron chi connectivity index (χ2n) is 5.80. The molecule has 2 rings (SSSR count).